The number of halogens is 1. The van der Waals surface area contributed by atoms with Gasteiger partial charge in [-0.15, -0.1) is 0 Å². The van der Waals surface area contributed by atoms with Crippen molar-refractivity contribution >= 4 is 44.1 Å². The number of rotatable bonds is 6. The molecule has 0 bridgehead atoms. The first-order valence-corrected chi connectivity index (χ1v) is 11.1. The molecule has 0 aliphatic carbocycles. The van der Waals surface area contributed by atoms with Gasteiger partial charge in [0.2, 0.25) is 5.91 Å². The number of nitrogens with one attached hydrogen (secondary N) is 1. The summed E-state index contributed by atoms with van der Waals surface area (Å²) in [6.45, 7) is 1.65. The van der Waals surface area contributed by atoms with E-state index in [4.69, 9.17) is 16.1 Å². The van der Waals surface area contributed by atoms with Crippen molar-refractivity contribution < 1.29 is 17.7 Å². The van der Waals surface area contributed by atoms with Crippen LogP contribution in [0.4, 0.5) is 5.82 Å². The predicted molar refractivity (Wildman–Crippen MR) is 114 cm³/mol. The Labute approximate surface area is 178 Å². The molecule has 0 unspecified atom stereocenters. The molecule has 9 heteroatoms. The summed E-state index contributed by atoms with van der Waals surface area (Å²) in [5, 5.41) is 7.32. The zero-order valence-electron chi connectivity index (χ0n) is 16.0. The van der Waals surface area contributed by atoms with E-state index in [0.717, 1.165) is 0 Å². The largest absolute Gasteiger partial charge is 0.360 e. The van der Waals surface area contributed by atoms with Crippen LogP contribution in [0.25, 0.3) is 10.9 Å². The number of para-hydroxylation sites is 1. The van der Waals surface area contributed by atoms with Gasteiger partial charge in [0.25, 0.3) is 0 Å². The molecule has 30 heavy (non-hydrogen) atoms. The van der Waals surface area contributed by atoms with Crippen LogP contribution in [0.15, 0.2) is 70.2 Å². The van der Waals surface area contributed by atoms with Crippen LogP contribution in [0.5, 0.6) is 0 Å². The summed E-state index contributed by atoms with van der Waals surface area (Å²) in [6.07, 6.45) is 1.49. The van der Waals surface area contributed by atoms with E-state index in [-0.39, 0.29) is 23.1 Å². The molecule has 2 aromatic carbocycles. The molecule has 7 nitrogen and oxygen atoms in total. The van der Waals surface area contributed by atoms with Crippen molar-refractivity contribution in [3.63, 3.8) is 0 Å². The van der Waals surface area contributed by atoms with Crippen molar-refractivity contribution in [2.75, 3.05) is 5.32 Å². The van der Waals surface area contributed by atoms with Crippen molar-refractivity contribution in [3.8, 4) is 0 Å². The first-order valence-electron chi connectivity index (χ1n) is 9.11. The number of anilines is 1. The van der Waals surface area contributed by atoms with Crippen LogP contribution in [0, 0.1) is 6.92 Å². The van der Waals surface area contributed by atoms with E-state index in [1.54, 1.807) is 66.1 Å². The number of carbonyl (C=O) groups excluding carboxylic acids is 1. The second-order valence-electron chi connectivity index (χ2n) is 6.86. The zero-order chi connectivity index (χ0) is 21.3. The van der Waals surface area contributed by atoms with Crippen LogP contribution in [0.2, 0.25) is 5.02 Å². The number of hydrogen-bond donors (Lipinski definition) is 1. The van der Waals surface area contributed by atoms with Gasteiger partial charge < -0.3 is 14.4 Å². The molecule has 0 saturated heterocycles. The molecule has 1 amide bonds. The topological polar surface area (TPSA) is 94.2 Å². The highest BCUT2D eigenvalue weighted by molar-refractivity contribution is 7.90. The smallest absolute Gasteiger partial charge is 0.245 e. The lowest BCUT2D eigenvalue weighted by Crippen LogP contribution is -2.18. The summed E-state index contributed by atoms with van der Waals surface area (Å²) in [7, 11) is -3.70. The van der Waals surface area contributed by atoms with Gasteiger partial charge in [-0.25, -0.2) is 8.42 Å². The second-order valence-corrected chi connectivity index (χ2v) is 9.23. The Balaban J connectivity index is 1.66. The van der Waals surface area contributed by atoms with Gasteiger partial charge in [0.1, 0.15) is 12.3 Å². The first kappa shape index (κ1) is 20.2. The van der Waals surface area contributed by atoms with Crippen LogP contribution >= 0.6 is 11.6 Å². The number of aryl methyl sites for hydroxylation is 1. The molecule has 2 aromatic heterocycles. The molecule has 4 rings (SSSR count). The molecule has 0 aliphatic rings. The molecule has 0 atom stereocenters. The number of sulfone groups is 1. The Bertz CT molecular complexity index is 1340. The highest BCUT2D eigenvalue weighted by Gasteiger charge is 2.23. The second kappa shape index (κ2) is 7.97. The van der Waals surface area contributed by atoms with E-state index in [0.29, 0.717) is 33.1 Å². The summed E-state index contributed by atoms with van der Waals surface area (Å²) in [5.41, 5.74) is 1.16. The fourth-order valence-corrected chi connectivity index (χ4v) is 5.15. The monoisotopic (exact) mass is 443 g/mol. The molecule has 2 heterocycles. The maximum absolute atomic E-state index is 13.2. The average Bonchev–Trinajstić information content (AvgIpc) is 3.27. The van der Waals surface area contributed by atoms with Crippen LogP contribution in [0.3, 0.4) is 0 Å². The first-order chi connectivity index (χ1) is 14.3. The normalized spacial score (nSPS) is 11.7. The fourth-order valence-electron chi connectivity index (χ4n) is 3.25. The van der Waals surface area contributed by atoms with E-state index in [1.807, 2.05) is 0 Å². The summed E-state index contributed by atoms with van der Waals surface area (Å²) < 4.78 is 32.9. The van der Waals surface area contributed by atoms with Gasteiger partial charge in [0.05, 0.1) is 10.6 Å². The van der Waals surface area contributed by atoms with Gasteiger partial charge in [-0.1, -0.05) is 53.2 Å². The molecular formula is C21H18ClN3O4S. The molecule has 0 saturated carbocycles. The Morgan fingerprint density at radius 3 is 2.63 bits per heavy atom. The predicted octanol–water partition coefficient (Wildman–Crippen LogP) is 4.20. The number of amides is 1. The van der Waals surface area contributed by atoms with Crippen LogP contribution < -0.4 is 5.32 Å². The van der Waals surface area contributed by atoms with Crippen LogP contribution in [-0.4, -0.2) is 24.0 Å². The summed E-state index contributed by atoms with van der Waals surface area (Å²) in [5.74, 6) is 0.301. The van der Waals surface area contributed by atoms with E-state index in [9.17, 15) is 13.2 Å². The molecule has 1 N–H and O–H groups in total. The fraction of sp³-hybridized carbons (Fsp3) is 0.143. The number of fused-ring (bicyclic) bond motifs is 1. The maximum atomic E-state index is 13.2. The van der Waals surface area contributed by atoms with E-state index in [1.165, 1.54) is 6.20 Å². The van der Waals surface area contributed by atoms with Crippen LogP contribution in [0.1, 0.15) is 11.3 Å². The Kier molecular flexibility index (Phi) is 5.36. The minimum atomic E-state index is -3.70. The Morgan fingerprint density at radius 2 is 1.90 bits per heavy atom. The Hall–Kier alpha value is -3.10. The number of benzene rings is 2. The van der Waals surface area contributed by atoms with Gasteiger partial charge in [-0.05, 0) is 24.6 Å². The third kappa shape index (κ3) is 4.10. The highest BCUT2D eigenvalue weighted by atomic mass is 35.5. The summed E-state index contributed by atoms with van der Waals surface area (Å²) in [4.78, 5) is 12.6. The molecule has 0 spiro atoms. The standard InChI is InChI=1S/C21H18ClN3O4S/c1-14-10-20(24-29-14)23-21(26)12-25-11-19(16-7-3-5-9-18(16)25)30(27,28)13-15-6-2-4-8-17(15)22/h2-11H,12-13H2,1H3,(H,23,24,26). The quantitative estimate of drug-likeness (QED) is 0.482. The molecule has 0 aliphatic heterocycles. The van der Waals surface area contributed by atoms with Gasteiger partial charge >= 0.3 is 0 Å². The van der Waals surface area contributed by atoms with Crippen molar-refractivity contribution in [1.82, 2.24) is 9.72 Å². The van der Waals surface area contributed by atoms with Crippen LogP contribution in [-0.2, 0) is 26.9 Å². The van der Waals surface area contributed by atoms with Gasteiger partial charge in [0, 0.05) is 28.2 Å². The average molecular weight is 444 g/mol. The Morgan fingerprint density at radius 1 is 1.17 bits per heavy atom. The lowest BCUT2D eigenvalue weighted by molar-refractivity contribution is -0.116. The van der Waals surface area contributed by atoms with Crippen molar-refractivity contribution in [3.05, 3.63) is 77.1 Å². The van der Waals surface area contributed by atoms with E-state index in [2.05, 4.69) is 10.5 Å². The lowest BCUT2D eigenvalue weighted by atomic mass is 10.2. The third-order valence-corrected chi connectivity index (χ3v) is 6.66. The molecular weight excluding hydrogens is 426 g/mol. The third-order valence-electron chi connectivity index (χ3n) is 4.60. The van der Waals surface area contributed by atoms with Crippen molar-refractivity contribution in [1.29, 1.82) is 0 Å². The summed E-state index contributed by atoms with van der Waals surface area (Å²) >= 11 is 6.15. The number of carbonyl (C=O) groups is 1. The molecule has 4 aromatic rings. The molecule has 154 valence electrons. The zero-order valence-corrected chi connectivity index (χ0v) is 17.6. The number of nitrogens with zero attached hydrogens (tertiary/aromatic N) is 2. The summed E-state index contributed by atoms with van der Waals surface area (Å²) in [6, 6.07) is 15.5. The molecule has 0 radical (unpaired) electrons. The highest BCUT2D eigenvalue weighted by Crippen LogP contribution is 2.29. The SMILES string of the molecule is Cc1cc(NC(=O)Cn2cc(S(=O)(=O)Cc3ccccc3Cl)c3ccccc32)no1. The molecule has 0 fully saturated rings. The van der Waals surface area contributed by atoms with Gasteiger partial charge in [-0.2, -0.15) is 0 Å². The van der Waals surface area contributed by atoms with E-state index < -0.39 is 9.84 Å². The minimum absolute atomic E-state index is 0.0754. The van der Waals surface area contributed by atoms with Crippen molar-refractivity contribution in [2.24, 2.45) is 0 Å². The lowest BCUT2D eigenvalue weighted by Gasteiger charge is -2.05. The van der Waals surface area contributed by atoms with E-state index >= 15 is 0 Å². The van der Waals surface area contributed by atoms with Gasteiger partial charge in [0.15, 0.2) is 15.7 Å². The minimum Gasteiger partial charge on any atom is -0.360 e. The van der Waals surface area contributed by atoms with Crippen molar-refractivity contribution in [2.45, 2.75) is 24.1 Å². The number of aromatic nitrogens is 2. The van der Waals surface area contributed by atoms with Gasteiger partial charge in [-0.3, -0.25) is 4.79 Å². The number of hydrogen-bond acceptors (Lipinski definition) is 5. The maximum Gasteiger partial charge on any atom is 0.245 e.